The standard InChI is InChI=1S/C18H24N4O3/c1-13-11-14(2)17(22(24)25)12-16(13)19-18(23)21-9-5-15(6-10-21)20-7-3-4-8-20/h3-4,11-12,15H,5-10H2,1-2H3,(H,19,23). The Morgan fingerprint density at radius 1 is 1.16 bits per heavy atom. The Hall–Kier alpha value is -2.41. The molecule has 0 spiro atoms. The number of benzene rings is 1. The van der Waals surface area contributed by atoms with Crippen LogP contribution in [0.2, 0.25) is 0 Å². The van der Waals surface area contributed by atoms with Crippen molar-refractivity contribution in [2.45, 2.75) is 32.7 Å². The monoisotopic (exact) mass is 344 g/mol. The van der Waals surface area contributed by atoms with Crippen molar-refractivity contribution >= 4 is 17.4 Å². The molecule has 0 atom stereocenters. The molecule has 1 aromatic rings. The van der Waals surface area contributed by atoms with E-state index in [2.05, 4.69) is 22.4 Å². The second-order valence-corrected chi connectivity index (χ2v) is 6.78. The number of anilines is 1. The van der Waals surface area contributed by atoms with Crippen LogP contribution in [-0.2, 0) is 0 Å². The molecule has 0 aromatic heterocycles. The Labute approximate surface area is 147 Å². The van der Waals surface area contributed by atoms with Gasteiger partial charge in [0.2, 0.25) is 0 Å². The molecule has 0 saturated carbocycles. The number of nitro groups is 1. The van der Waals surface area contributed by atoms with Crippen LogP contribution in [0.5, 0.6) is 0 Å². The molecule has 1 aromatic carbocycles. The molecule has 0 aliphatic carbocycles. The maximum atomic E-state index is 12.5. The second kappa shape index (κ2) is 7.23. The average Bonchev–Trinajstić information content (AvgIpc) is 3.11. The van der Waals surface area contributed by atoms with Gasteiger partial charge in [-0.1, -0.05) is 12.2 Å². The minimum atomic E-state index is -0.417. The number of urea groups is 1. The number of hydrogen-bond acceptors (Lipinski definition) is 4. The summed E-state index contributed by atoms with van der Waals surface area (Å²) in [6, 6.07) is 3.53. The SMILES string of the molecule is Cc1cc(C)c([N+](=O)[O-])cc1NC(=O)N1CCC(N2CC=CC2)CC1. The Kier molecular flexibility index (Phi) is 5.03. The number of nitrogens with one attached hydrogen (secondary N) is 1. The van der Waals surface area contributed by atoms with Gasteiger partial charge in [-0.05, 0) is 38.3 Å². The predicted molar refractivity (Wildman–Crippen MR) is 96.9 cm³/mol. The number of rotatable bonds is 3. The van der Waals surface area contributed by atoms with Gasteiger partial charge in [0.15, 0.2) is 0 Å². The first-order chi connectivity index (χ1) is 12.0. The Morgan fingerprint density at radius 3 is 2.40 bits per heavy atom. The highest BCUT2D eigenvalue weighted by Gasteiger charge is 2.27. The summed E-state index contributed by atoms with van der Waals surface area (Å²) in [5, 5.41) is 14.0. The molecule has 134 valence electrons. The molecule has 1 saturated heterocycles. The fourth-order valence-corrected chi connectivity index (χ4v) is 3.59. The van der Waals surface area contributed by atoms with Crippen LogP contribution in [0.3, 0.4) is 0 Å². The van der Waals surface area contributed by atoms with Gasteiger partial charge in [-0.2, -0.15) is 0 Å². The third-order valence-corrected chi connectivity index (χ3v) is 5.10. The number of amides is 2. The van der Waals surface area contributed by atoms with E-state index in [1.165, 1.54) is 6.07 Å². The van der Waals surface area contributed by atoms with Gasteiger partial charge in [0.05, 0.1) is 10.6 Å². The fourth-order valence-electron chi connectivity index (χ4n) is 3.59. The van der Waals surface area contributed by atoms with Crippen molar-refractivity contribution in [3.8, 4) is 0 Å². The zero-order chi connectivity index (χ0) is 18.0. The van der Waals surface area contributed by atoms with E-state index in [1.54, 1.807) is 17.9 Å². The summed E-state index contributed by atoms with van der Waals surface area (Å²) in [5.41, 5.74) is 1.96. The van der Waals surface area contributed by atoms with Gasteiger partial charge in [0.1, 0.15) is 0 Å². The quantitative estimate of drug-likeness (QED) is 0.519. The minimum absolute atomic E-state index is 0.0288. The van der Waals surface area contributed by atoms with E-state index in [0.29, 0.717) is 30.4 Å². The molecule has 3 rings (SSSR count). The summed E-state index contributed by atoms with van der Waals surface area (Å²) in [5.74, 6) is 0. The molecule has 0 unspecified atom stereocenters. The molecule has 25 heavy (non-hydrogen) atoms. The van der Waals surface area contributed by atoms with Crippen molar-refractivity contribution < 1.29 is 9.72 Å². The van der Waals surface area contributed by atoms with Crippen molar-refractivity contribution in [1.82, 2.24) is 9.80 Å². The van der Waals surface area contributed by atoms with Gasteiger partial charge in [-0.3, -0.25) is 15.0 Å². The molecule has 7 heteroatoms. The van der Waals surface area contributed by atoms with E-state index in [1.807, 2.05) is 6.92 Å². The maximum Gasteiger partial charge on any atom is 0.321 e. The maximum absolute atomic E-state index is 12.5. The normalized spacial score (nSPS) is 18.6. The highest BCUT2D eigenvalue weighted by molar-refractivity contribution is 5.90. The summed E-state index contributed by atoms with van der Waals surface area (Å²) in [6.45, 7) is 6.97. The lowest BCUT2D eigenvalue weighted by Gasteiger charge is -2.36. The molecule has 7 nitrogen and oxygen atoms in total. The molecule has 1 fully saturated rings. The van der Waals surface area contributed by atoms with Gasteiger partial charge in [0, 0.05) is 43.9 Å². The van der Waals surface area contributed by atoms with Crippen LogP contribution in [0.15, 0.2) is 24.3 Å². The van der Waals surface area contributed by atoms with E-state index in [-0.39, 0.29) is 11.7 Å². The minimum Gasteiger partial charge on any atom is -0.324 e. The average molecular weight is 344 g/mol. The summed E-state index contributed by atoms with van der Waals surface area (Å²) in [4.78, 5) is 27.5. The van der Waals surface area contributed by atoms with Crippen molar-refractivity contribution in [2.24, 2.45) is 0 Å². The van der Waals surface area contributed by atoms with E-state index >= 15 is 0 Å². The number of nitro benzene ring substituents is 1. The molecular formula is C18H24N4O3. The van der Waals surface area contributed by atoms with Crippen LogP contribution < -0.4 is 5.32 Å². The number of hydrogen-bond donors (Lipinski definition) is 1. The number of carbonyl (C=O) groups is 1. The molecule has 2 aliphatic heterocycles. The molecule has 1 N–H and O–H groups in total. The van der Waals surface area contributed by atoms with Crippen molar-refractivity contribution in [1.29, 1.82) is 0 Å². The van der Waals surface area contributed by atoms with Crippen molar-refractivity contribution in [3.63, 3.8) is 0 Å². The fraction of sp³-hybridized carbons (Fsp3) is 0.500. The van der Waals surface area contributed by atoms with Gasteiger partial charge in [0.25, 0.3) is 5.69 Å². The number of nitrogens with zero attached hydrogens (tertiary/aromatic N) is 3. The zero-order valence-electron chi connectivity index (χ0n) is 14.7. The lowest BCUT2D eigenvalue weighted by atomic mass is 10.0. The zero-order valence-corrected chi connectivity index (χ0v) is 14.7. The lowest BCUT2D eigenvalue weighted by molar-refractivity contribution is -0.385. The Morgan fingerprint density at radius 2 is 1.80 bits per heavy atom. The Balaban J connectivity index is 1.61. The molecule has 2 amide bonds. The van der Waals surface area contributed by atoms with E-state index in [4.69, 9.17) is 0 Å². The first-order valence-corrected chi connectivity index (χ1v) is 8.66. The lowest BCUT2D eigenvalue weighted by Crippen LogP contribution is -2.47. The smallest absolute Gasteiger partial charge is 0.321 e. The van der Waals surface area contributed by atoms with Crippen molar-refractivity contribution in [3.05, 3.63) is 45.5 Å². The van der Waals surface area contributed by atoms with E-state index in [0.717, 1.165) is 31.5 Å². The van der Waals surface area contributed by atoms with Crippen molar-refractivity contribution in [2.75, 3.05) is 31.5 Å². The van der Waals surface area contributed by atoms with Crippen LogP contribution in [0.4, 0.5) is 16.2 Å². The van der Waals surface area contributed by atoms with Crippen LogP contribution in [0.1, 0.15) is 24.0 Å². The third kappa shape index (κ3) is 3.82. The number of carbonyl (C=O) groups excluding carboxylic acids is 1. The van der Waals surface area contributed by atoms with E-state index in [9.17, 15) is 14.9 Å². The number of aryl methyl sites for hydroxylation is 2. The largest absolute Gasteiger partial charge is 0.324 e. The predicted octanol–water partition coefficient (Wildman–Crippen LogP) is 3.08. The summed E-state index contributed by atoms with van der Waals surface area (Å²) < 4.78 is 0. The van der Waals surface area contributed by atoms with Crippen LogP contribution in [0, 0.1) is 24.0 Å². The van der Waals surface area contributed by atoms with Crippen LogP contribution in [-0.4, -0.2) is 53.0 Å². The summed E-state index contributed by atoms with van der Waals surface area (Å²) in [6.07, 6.45) is 6.29. The molecule has 0 bridgehead atoms. The number of piperidine rings is 1. The van der Waals surface area contributed by atoms with Gasteiger partial charge in [-0.15, -0.1) is 0 Å². The Bertz CT molecular complexity index is 701. The highest BCUT2D eigenvalue weighted by atomic mass is 16.6. The first-order valence-electron chi connectivity index (χ1n) is 8.66. The van der Waals surface area contributed by atoms with Gasteiger partial charge >= 0.3 is 6.03 Å². The van der Waals surface area contributed by atoms with E-state index < -0.39 is 4.92 Å². The molecule has 0 radical (unpaired) electrons. The second-order valence-electron chi connectivity index (χ2n) is 6.78. The van der Waals surface area contributed by atoms with Gasteiger partial charge < -0.3 is 10.2 Å². The first kappa shape index (κ1) is 17.4. The number of likely N-dealkylation sites (tertiary alicyclic amines) is 1. The molecule has 2 aliphatic rings. The van der Waals surface area contributed by atoms with Crippen LogP contribution in [0.25, 0.3) is 0 Å². The summed E-state index contributed by atoms with van der Waals surface area (Å²) >= 11 is 0. The highest BCUT2D eigenvalue weighted by Crippen LogP contribution is 2.27. The molecular weight excluding hydrogens is 320 g/mol. The van der Waals surface area contributed by atoms with Crippen LogP contribution >= 0.6 is 0 Å². The summed E-state index contributed by atoms with van der Waals surface area (Å²) in [7, 11) is 0. The van der Waals surface area contributed by atoms with Gasteiger partial charge in [-0.25, -0.2) is 4.79 Å². The molecule has 2 heterocycles. The third-order valence-electron chi connectivity index (χ3n) is 5.10. The topological polar surface area (TPSA) is 78.7 Å².